The van der Waals surface area contributed by atoms with Gasteiger partial charge >= 0.3 is 0 Å². The number of anilines is 1. The van der Waals surface area contributed by atoms with Crippen molar-refractivity contribution in [1.29, 1.82) is 0 Å². The van der Waals surface area contributed by atoms with E-state index in [1.54, 1.807) is 17.8 Å². The minimum atomic E-state index is -1.07. The third-order valence-corrected chi connectivity index (χ3v) is 7.08. The normalized spacial score (nSPS) is 19.3. The smallest absolute Gasteiger partial charge is 0.256 e. The third kappa shape index (κ3) is 4.59. The number of amides is 1. The fraction of sp³-hybridized carbons (Fsp3) is 0.778. The molecule has 7 nitrogen and oxygen atoms in total. The Morgan fingerprint density at radius 1 is 1.38 bits per heavy atom. The molecule has 2 fully saturated rings. The topological polar surface area (TPSA) is 82.6 Å². The molecule has 3 rings (SSSR count). The van der Waals surface area contributed by atoms with Crippen LogP contribution in [0.2, 0.25) is 25.7 Å². The van der Waals surface area contributed by atoms with Crippen molar-refractivity contribution in [2.24, 2.45) is 11.3 Å². The summed E-state index contributed by atoms with van der Waals surface area (Å²) >= 11 is 0. The number of hydrogen-bond acceptors (Lipinski definition) is 5. The van der Waals surface area contributed by atoms with E-state index in [4.69, 9.17) is 15.2 Å². The Kier molecular flexibility index (Phi) is 5.34. The fourth-order valence-electron chi connectivity index (χ4n) is 3.86. The maximum atomic E-state index is 11.3. The van der Waals surface area contributed by atoms with Crippen LogP contribution in [0.4, 0.5) is 5.69 Å². The Balaban J connectivity index is 1.36. The Morgan fingerprint density at radius 2 is 2.08 bits per heavy atom. The van der Waals surface area contributed by atoms with Gasteiger partial charge in [-0.2, -0.15) is 0 Å². The molecule has 146 valence electrons. The number of carbonyl (C=O) groups excluding carboxylic acids is 1. The molecule has 0 atom stereocenters. The molecule has 2 aliphatic rings. The van der Waals surface area contributed by atoms with E-state index in [1.165, 1.54) is 0 Å². The van der Waals surface area contributed by atoms with Crippen LogP contribution in [0.3, 0.4) is 0 Å². The number of aromatic nitrogens is 2. The molecule has 0 unspecified atom stereocenters. The van der Waals surface area contributed by atoms with Crippen molar-refractivity contribution in [3.63, 3.8) is 0 Å². The molecule has 1 aliphatic heterocycles. The van der Waals surface area contributed by atoms with Crippen molar-refractivity contribution in [3.8, 4) is 5.88 Å². The Morgan fingerprint density at radius 3 is 2.69 bits per heavy atom. The SMILES string of the molecule is CC(=O)N1CC2(CC(COc3nn(COCC[Si](C)(C)C)cc3N)C2)C1. The molecule has 1 aliphatic carbocycles. The fourth-order valence-corrected chi connectivity index (χ4v) is 4.61. The average Bonchev–Trinajstić information content (AvgIpc) is 2.79. The predicted molar refractivity (Wildman–Crippen MR) is 104 cm³/mol. The summed E-state index contributed by atoms with van der Waals surface area (Å²) in [6.07, 6.45) is 4.01. The first-order valence-electron chi connectivity index (χ1n) is 9.45. The van der Waals surface area contributed by atoms with Crippen molar-refractivity contribution in [3.05, 3.63) is 6.20 Å². The van der Waals surface area contributed by atoms with Gasteiger partial charge in [0.15, 0.2) is 0 Å². The molecule has 0 bridgehead atoms. The minimum absolute atomic E-state index is 0.181. The van der Waals surface area contributed by atoms with Gasteiger partial charge in [-0.1, -0.05) is 19.6 Å². The van der Waals surface area contributed by atoms with Crippen LogP contribution in [-0.4, -0.2) is 55.0 Å². The van der Waals surface area contributed by atoms with Crippen LogP contribution in [0.5, 0.6) is 5.88 Å². The van der Waals surface area contributed by atoms with Gasteiger partial charge in [0.25, 0.3) is 5.88 Å². The molecule has 8 heteroatoms. The van der Waals surface area contributed by atoms with E-state index in [0.717, 1.165) is 38.6 Å². The number of nitrogens with two attached hydrogens (primary N) is 1. The van der Waals surface area contributed by atoms with E-state index >= 15 is 0 Å². The second-order valence-electron chi connectivity index (χ2n) is 9.24. The molecular weight excluding hydrogens is 348 g/mol. The van der Waals surface area contributed by atoms with Crippen LogP contribution in [0, 0.1) is 11.3 Å². The number of nitrogen functional groups attached to an aromatic ring is 1. The first-order valence-corrected chi connectivity index (χ1v) is 13.2. The van der Waals surface area contributed by atoms with Gasteiger partial charge in [0, 0.05) is 40.1 Å². The first-order chi connectivity index (χ1) is 12.2. The standard InChI is InChI=1S/C18H32N4O3Si/c1-14(23)21-11-18(12-21)7-15(8-18)10-25-17-16(19)9-22(20-17)13-24-5-6-26(2,3)4/h9,15H,5-8,10-13,19H2,1-4H3. The second kappa shape index (κ2) is 7.23. The zero-order valence-corrected chi connectivity index (χ0v) is 17.5. The Bertz CT molecular complexity index is 641. The van der Waals surface area contributed by atoms with E-state index < -0.39 is 8.07 Å². The van der Waals surface area contributed by atoms with Gasteiger partial charge in [0.05, 0.1) is 12.8 Å². The molecule has 1 aromatic rings. The summed E-state index contributed by atoms with van der Waals surface area (Å²) in [7, 11) is -1.07. The van der Waals surface area contributed by atoms with Crippen molar-refractivity contribution < 1.29 is 14.3 Å². The molecular formula is C18H32N4O3Si. The minimum Gasteiger partial charge on any atom is -0.475 e. The van der Waals surface area contributed by atoms with Gasteiger partial charge < -0.3 is 20.1 Å². The quantitative estimate of drug-likeness (QED) is 0.553. The van der Waals surface area contributed by atoms with E-state index in [-0.39, 0.29) is 5.91 Å². The number of likely N-dealkylation sites (tertiary alicyclic amines) is 1. The maximum absolute atomic E-state index is 11.3. The van der Waals surface area contributed by atoms with E-state index in [9.17, 15) is 4.79 Å². The van der Waals surface area contributed by atoms with Gasteiger partial charge in [-0.05, 0) is 24.8 Å². The van der Waals surface area contributed by atoms with E-state index in [0.29, 0.717) is 36.2 Å². The van der Waals surface area contributed by atoms with Crippen LogP contribution >= 0.6 is 0 Å². The van der Waals surface area contributed by atoms with E-state index in [2.05, 4.69) is 24.7 Å². The molecule has 2 N–H and O–H groups in total. The highest BCUT2D eigenvalue weighted by Gasteiger charge is 2.53. The van der Waals surface area contributed by atoms with Gasteiger partial charge in [-0.3, -0.25) is 4.79 Å². The molecule has 1 saturated heterocycles. The molecule has 1 aromatic heterocycles. The van der Waals surface area contributed by atoms with Crippen molar-refractivity contribution >= 4 is 19.7 Å². The summed E-state index contributed by atoms with van der Waals surface area (Å²) in [4.78, 5) is 13.2. The summed E-state index contributed by atoms with van der Waals surface area (Å²) in [5.41, 5.74) is 6.91. The van der Waals surface area contributed by atoms with Crippen molar-refractivity contribution in [1.82, 2.24) is 14.7 Å². The summed E-state index contributed by atoms with van der Waals surface area (Å²) in [6.45, 7) is 12.3. The highest BCUT2D eigenvalue weighted by atomic mass is 28.3. The van der Waals surface area contributed by atoms with E-state index in [1.807, 2.05) is 4.90 Å². The predicted octanol–water partition coefficient (Wildman–Crippen LogP) is 2.41. The zero-order chi connectivity index (χ0) is 18.9. The van der Waals surface area contributed by atoms with Crippen LogP contribution in [0.15, 0.2) is 6.20 Å². The van der Waals surface area contributed by atoms with Crippen molar-refractivity contribution in [2.45, 2.75) is 52.2 Å². The lowest BCUT2D eigenvalue weighted by molar-refractivity contribution is -0.154. The highest BCUT2D eigenvalue weighted by Crippen LogP contribution is 2.51. The van der Waals surface area contributed by atoms with Crippen LogP contribution in [-0.2, 0) is 16.3 Å². The number of hydrogen-bond donors (Lipinski definition) is 1. The van der Waals surface area contributed by atoms with Crippen LogP contribution in [0.25, 0.3) is 0 Å². The molecule has 26 heavy (non-hydrogen) atoms. The molecule has 1 spiro atoms. The molecule has 1 amide bonds. The first kappa shape index (κ1) is 19.2. The third-order valence-electron chi connectivity index (χ3n) is 5.37. The summed E-state index contributed by atoms with van der Waals surface area (Å²) in [5.74, 6) is 1.21. The largest absolute Gasteiger partial charge is 0.475 e. The zero-order valence-electron chi connectivity index (χ0n) is 16.5. The maximum Gasteiger partial charge on any atom is 0.256 e. The Labute approximate surface area is 156 Å². The molecule has 1 saturated carbocycles. The molecule has 0 aromatic carbocycles. The van der Waals surface area contributed by atoms with Gasteiger partial charge in [-0.15, -0.1) is 5.10 Å². The van der Waals surface area contributed by atoms with Gasteiger partial charge in [-0.25, -0.2) is 4.68 Å². The van der Waals surface area contributed by atoms with Gasteiger partial charge in [0.1, 0.15) is 12.4 Å². The van der Waals surface area contributed by atoms with Crippen LogP contribution < -0.4 is 10.5 Å². The van der Waals surface area contributed by atoms with Crippen molar-refractivity contribution in [2.75, 3.05) is 32.0 Å². The lowest BCUT2D eigenvalue weighted by Crippen LogP contribution is -2.63. The summed E-state index contributed by atoms with van der Waals surface area (Å²) < 4.78 is 13.2. The number of ether oxygens (including phenoxy) is 2. The Hall–Kier alpha value is -1.54. The average molecular weight is 381 g/mol. The number of rotatable bonds is 8. The summed E-state index contributed by atoms with van der Waals surface area (Å²) in [5, 5.41) is 4.38. The van der Waals surface area contributed by atoms with Crippen LogP contribution in [0.1, 0.15) is 19.8 Å². The highest BCUT2D eigenvalue weighted by molar-refractivity contribution is 6.76. The lowest BCUT2D eigenvalue weighted by Gasteiger charge is -2.58. The lowest BCUT2D eigenvalue weighted by atomic mass is 9.58. The molecule has 0 radical (unpaired) electrons. The monoisotopic (exact) mass is 380 g/mol. The number of nitrogens with zero attached hydrogens (tertiary/aromatic N) is 3. The number of carbonyl (C=O) groups is 1. The summed E-state index contributed by atoms with van der Waals surface area (Å²) in [6, 6.07) is 1.14. The van der Waals surface area contributed by atoms with Gasteiger partial charge in [0.2, 0.25) is 5.91 Å². The molecule has 2 heterocycles. The second-order valence-corrected chi connectivity index (χ2v) is 14.9.